The normalized spacial score (nSPS) is 16.1. The number of aliphatic hydroxyl groups excluding tert-OH is 2. The zero-order valence-corrected chi connectivity index (χ0v) is 28.4. The molecule has 6 rings (SSSR count). The number of rotatable bonds is 11. The number of aliphatic hydroxyl groups is 2. The van der Waals surface area contributed by atoms with E-state index in [1.165, 1.54) is 5.56 Å². The number of ether oxygens (including phenoxy) is 1. The van der Waals surface area contributed by atoms with Crippen molar-refractivity contribution in [2.75, 3.05) is 33.3 Å². The van der Waals surface area contributed by atoms with E-state index in [1.807, 2.05) is 49.4 Å². The van der Waals surface area contributed by atoms with Crippen LogP contribution in [0, 0.1) is 6.92 Å². The molecule has 11 heteroatoms. The number of carbonyl (C=O) groups is 1. The molecular formula is C36H39Cl2N5O4. The Kier molecular flexibility index (Phi) is 10.2. The minimum absolute atomic E-state index is 0.0964. The Morgan fingerprint density at radius 1 is 1.06 bits per heavy atom. The van der Waals surface area contributed by atoms with Crippen molar-refractivity contribution < 1.29 is 19.7 Å². The monoisotopic (exact) mass is 675 g/mol. The van der Waals surface area contributed by atoms with Crippen LogP contribution in [0.3, 0.4) is 0 Å². The average Bonchev–Trinajstić information content (AvgIpc) is 3.04. The predicted octanol–water partition coefficient (Wildman–Crippen LogP) is 5.56. The second-order valence-corrected chi connectivity index (χ2v) is 13.3. The maximum Gasteiger partial charge on any atom is 0.237 e. The summed E-state index contributed by atoms with van der Waals surface area (Å²) in [4.78, 5) is 32.1. The SMILES string of the molecule is COc1nc(-c2cccc(-c3cccc(CC(=O)c4cc(C)c5c(n4)CN(CCC(C)O)CC5)c3Cl)c2Cl)cnc1CN1CC(O)C1. The molecule has 1 fully saturated rings. The van der Waals surface area contributed by atoms with Gasteiger partial charge in [0.15, 0.2) is 5.78 Å². The van der Waals surface area contributed by atoms with Crippen LogP contribution in [0.2, 0.25) is 10.0 Å². The molecule has 246 valence electrons. The first-order valence-electron chi connectivity index (χ1n) is 15.9. The lowest BCUT2D eigenvalue weighted by atomic mass is 9.95. The molecule has 9 nitrogen and oxygen atoms in total. The standard InChI is InChI=1S/C36H39Cl2N5O4/c1-21-14-29(40-31-19-42(12-10-22(2)44)13-11-25(21)31)33(46)15-23-6-4-7-26(34(23)37)27-8-5-9-28(35(27)38)30-16-39-32(36(41-30)47-3)20-43-17-24(45)18-43/h4-9,14,16,22,24,44-45H,10-13,15,17-20H2,1-3H3. The first-order valence-corrected chi connectivity index (χ1v) is 16.7. The van der Waals surface area contributed by atoms with Crippen LogP contribution in [0.5, 0.6) is 5.88 Å². The molecule has 1 saturated heterocycles. The number of aromatic nitrogens is 3. The third kappa shape index (κ3) is 7.36. The van der Waals surface area contributed by atoms with Gasteiger partial charge in [-0.2, -0.15) is 0 Å². The number of halogens is 2. The van der Waals surface area contributed by atoms with E-state index in [2.05, 4.69) is 14.8 Å². The van der Waals surface area contributed by atoms with Crippen molar-refractivity contribution in [3.63, 3.8) is 0 Å². The highest BCUT2D eigenvalue weighted by molar-refractivity contribution is 6.38. The van der Waals surface area contributed by atoms with Gasteiger partial charge in [0.25, 0.3) is 0 Å². The van der Waals surface area contributed by atoms with Gasteiger partial charge in [0.1, 0.15) is 11.4 Å². The highest BCUT2D eigenvalue weighted by Crippen LogP contribution is 2.40. The van der Waals surface area contributed by atoms with Crippen LogP contribution in [0.1, 0.15) is 51.9 Å². The van der Waals surface area contributed by atoms with Crippen LogP contribution in [0.4, 0.5) is 0 Å². The van der Waals surface area contributed by atoms with Crippen LogP contribution in [0.25, 0.3) is 22.4 Å². The lowest BCUT2D eigenvalue weighted by molar-refractivity contribution is -0.00403. The Morgan fingerprint density at radius 2 is 1.79 bits per heavy atom. The molecule has 0 aliphatic carbocycles. The smallest absolute Gasteiger partial charge is 0.237 e. The number of hydrogen-bond acceptors (Lipinski definition) is 9. The molecule has 2 N–H and O–H groups in total. The third-order valence-corrected chi connectivity index (χ3v) is 9.80. The van der Waals surface area contributed by atoms with Crippen molar-refractivity contribution in [3.8, 4) is 28.3 Å². The molecule has 0 radical (unpaired) electrons. The van der Waals surface area contributed by atoms with E-state index < -0.39 is 0 Å². The number of hydrogen-bond donors (Lipinski definition) is 2. The molecule has 47 heavy (non-hydrogen) atoms. The van der Waals surface area contributed by atoms with Gasteiger partial charge in [-0.25, -0.2) is 9.97 Å². The zero-order chi connectivity index (χ0) is 33.2. The molecule has 4 aromatic rings. The fraction of sp³-hybridized carbons (Fsp3) is 0.389. The number of methoxy groups -OCH3 is 1. The van der Waals surface area contributed by atoms with Gasteiger partial charge in [0, 0.05) is 62.4 Å². The van der Waals surface area contributed by atoms with E-state index in [1.54, 1.807) is 20.2 Å². The van der Waals surface area contributed by atoms with Gasteiger partial charge in [-0.05, 0) is 49.4 Å². The fourth-order valence-corrected chi connectivity index (χ4v) is 6.93. The molecule has 0 saturated carbocycles. The van der Waals surface area contributed by atoms with Crippen molar-refractivity contribution in [1.29, 1.82) is 0 Å². The minimum Gasteiger partial charge on any atom is -0.480 e. The largest absolute Gasteiger partial charge is 0.480 e. The lowest BCUT2D eigenvalue weighted by Gasteiger charge is -2.35. The zero-order valence-electron chi connectivity index (χ0n) is 26.8. The summed E-state index contributed by atoms with van der Waals surface area (Å²) in [6.07, 6.45) is 2.70. The van der Waals surface area contributed by atoms with Crippen LogP contribution in [-0.4, -0.2) is 86.2 Å². The summed E-state index contributed by atoms with van der Waals surface area (Å²) in [5.74, 6) is 0.300. The van der Waals surface area contributed by atoms with Gasteiger partial charge in [0.2, 0.25) is 5.88 Å². The fourth-order valence-electron chi connectivity index (χ4n) is 6.31. The highest BCUT2D eigenvalue weighted by atomic mass is 35.5. The Balaban J connectivity index is 1.23. The van der Waals surface area contributed by atoms with Crippen molar-refractivity contribution in [2.45, 2.75) is 58.4 Å². The summed E-state index contributed by atoms with van der Waals surface area (Å²) in [5.41, 5.74) is 7.67. The Bertz CT molecular complexity index is 1790. The maximum absolute atomic E-state index is 13.6. The molecule has 2 aliphatic heterocycles. The summed E-state index contributed by atoms with van der Waals surface area (Å²) in [6, 6.07) is 13.2. The van der Waals surface area contributed by atoms with Crippen molar-refractivity contribution in [2.24, 2.45) is 0 Å². The van der Waals surface area contributed by atoms with E-state index in [-0.39, 0.29) is 24.4 Å². The van der Waals surface area contributed by atoms with Crippen molar-refractivity contribution in [3.05, 3.63) is 92.5 Å². The highest BCUT2D eigenvalue weighted by Gasteiger charge is 2.27. The van der Waals surface area contributed by atoms with Crippen molar-refractivity contribution >= 4 is 29.0 Å². The molecule has 2 aromatic heterocycles. The topological polar surface area (TPSA) is 112 Å². The first-order chi connectivity index (χ1) is 22.6. The Morgan fingerprint density at radius 3 is 2.51 bits per heavy atom. The summed E-state index contributed by atoms with van der Waals surface area (Å²) in [6.45, 7) is 7.93. The van der Waals surface area contributed by atoms with Gasteiger partial charge in [0.05, 0.1) is 46.9 Å². The summed E-state index contributed by atoms with van der Waals surface area (Å²) >= 11 is 14.0. The van der Waals surface area contributed by atoms with E-state index in [4.69, 9.17) is 37.9 Å². The Labute approximate surface area is 285 Å². The van der Waals surface area contributed by atoms with Gasteiger partial charge < -0.3 is 14.9 Å². The number of β-amino-alcohol motifs (C(OH)–C–C–N with tert-alkyl or cyclic N) is 1. The number of likely N-dealkylation sites (tertiary alicyclic amines) is 1. The second-order valence-electron chi connectivity index (χ2n) is 12.5. The van der Waals surface area contributed by atoms with Gasteiger partial charge in [-0.3, -0.25) is 19.6 Å². The average molecular weight is 677 g/mol. The molecule has 0 spiro atoms. The van der Waals surface area contributed by atoms with Crippen LogP contribution < -0.4 is 4.74 Å². The molecule has 1 atom stereocenters. The number of benzene rings is 2. The van der Waals surface area contributed by atoms with Gasteiger partial charge in [-0.15, -0.1) is 0 Å². The van der Waals surface area contributed by atoms with Crippen molar-refractivity contribution in [1.82, 2.24) is 24.8 Å². The second kappa shape index (κ2) is 14.4. The van der Waals surface area contributed by atoms with Crippen LogP contribution in [-0.2, 0) is 25.9 Å². The number of pyridine rings is 1. The minimum atomic E-state index is -0.349. The maximum atomic E-state index is 13.6. The van der Waals surface area contributed by atoms with Crippen LogP contribution >= 0.6 is 23.2 Å². The summed E-state index contributed by atoms with van der Waals surface area (Å²) < 4.78 is 5.55. The number of nitrogens with zero attached hydrogens (tertiary/aromatic N) is 5. The number of carbonyl (C=O) groups excluding carboxylic acids is 1. The Hall–Kier alpha value is -3.44. The number of fused-ring (bicyclic) bond motifs is 1. The quantitative estimate of drug-likeness (QED) is 0.197. The molecule has 4 heterocycles. The number of aryl methyl sites for hydroxylation is 1. The molecule has 0 amide bonds. The molecule has 2 aliphatic rings. The predicted molar refractivity (Wildman–Crippen MR) is 183 cm³/mol. The molecule has 2 aromatic carbocycles. The van der Waals surface area contributed by atoms with Gasteiger partial charge in [-0.1, -0.05) is 59.6 Å². The van der Waals surface area contributed by atoms with E-state index in [9.17, 15) is 15.0 Å². The lowest BCUT2D eigenvalue weighted by Crippen LogP contribution is -2.50. The van der Waals surface area contributed by atoms with E-state index >= 15 is 0 Å². The van der Waals surface area contributed by atoms with E-state index in [0.29, 0.717) is 87.9 Å². The summed E-state index contributed by atoms with van der Waals surface area (Å²) in [7, 11) is 1.56. The number of ketones is 1. The molecule has 0 bridgehead atoms. The number of Topliss-reactive ketones (excluding diaryl/α,β-unsaturated/α-hetero) is 1. The van der Waals surface area contributed by atoms with Crippen LogP contribution in [0.15, 0.2) is 48.7 Å². The van der Waals surface area contributed by atoms with E-state index in [0.717, 1.165) is 30.8 Å². The molecular weight excluding hydrogens is 637 g/mol. The molecule has 1 unspecified atom stereocenters. The third-order valence-electron chi connectivity index (χ3n) is 8.94. The van der Waals surface area contributed by atoms with Gasteiger partial charge >= 0.3 is 0 Å². The first kappa shape index (κ1) is 33.5. The summed E-state index contributed by atoms with van der Waals surface area (Å²) in [5, 5.41) is 20.3.